The minimum atomic E-state index is -4.91. The van der Waals surface area contributed by atoms with Crippen LogP contribution < -0.4 is 5.32 Å². The average molecular weight is 518 g/mol. The van der Waals surface area contributed by atoms with Gasteiger partial charge in [0, 0.05) is 0 Å². The molecule has 1 atom stereocenters. The fourth-order valence-electron chi connectivity index (χ4n) is 4.08. The second-order valence-electron chi connectivity index (χ2n) is 9.77. The summed E-state index contributed by atoms with van der Waals surface area (Å²) in [5.41, 5.74) is -2.51. The molecule has 1 unspecified atom stereocenters. The maximum atomic E-state index is 14.1. The first-order chi connectivity index (χ1) is 17.1. The van der Waals surface area contributed by atoms with E-state index in [1.54, 1.807) is 13.8 Å². The van der Waals surface area contributed by atoms with Crippen LogP contribution in [0.15, 0.2) is 18.2 Å². The quantitative estimate of drug-likeness (QED) is 0.121. The number of carbonyl (C=O) groups is 2. The Morgan fingerprint density at radius 3 is 1.83 bits per heavy atom. The third-order valence-corrected chi connectivity index (χ3v) is 6.25. The van der Waals surface area contributed by atoms with Crippen molar-refractivity contribution in [3.63, 3.8) is 0 Å². The highest BCUT2D eigenvalue weighted by Crippen LogP contribution is 2.33. The molecule has 1 amide bonds. The summed E-state index contributed by atoms with van der Waals surface area (Å²) in [5, 5.41) is 2.23. The summed E-state index contributed by atoms with van der Waals surface area (Å²) in [7, 11) is 0. The maximum Gasteiger partial charge on any atom is 0.417 e. The summed E-state index contributed by atoms with van der Waals surface area (Å²) in [4.78, 5) is 25.0. The molecule has 1 aromatic carbocycles. The number of carbonyl (C=O) groups excluding carboxylic acids is 2. The first-order valence-electron chi connectivity index (χ1n) is 13.4. The molecule has 0 aliphatic carbocycles. The molecule has 0 saturated carbocycles. The molecule has 36 heavy (non-hydrogen) atoms. The molecule has 0 fully saturated rings. The zero-order valence-corrected chi connectivity index (χ0v) is 22.0. The molecule has 0 aromatic heterocycles. The molecular weight excluding hydrogens is 474 g/mol. The number of amides is 1. The molecule has 0 aliphatic rings. The zero-order chi connectivity index (χ0) is 27.0. The number of alkyl halides is 3. The number of rotatable bonds is 18. The lowest BCUT2D eigenvalue weighted by atomic mass is 10.0. The van der Waals surface area contributed by atoms with Gasteiger partial charge in [-0.25, -0.2) is 9.18 Å². The summed E-state index contributed by atoms with van der Waals surface area (Å²) in [5.74, 6) is -3.78. The largest absolute Gasteiger partial charge is 0.464 e. The Hall–Kier alpha value is -2.12. The van der Waals surface area contributed by atoms with Crippen LogP contribution in [-0.2, 0) is 15.7 Å². The van der Waals surface area contributed by atoms with Crippen LogP contribution in [0.2, 0.25) is 0 Å². The molecule has 0 aliphatic heterocycles. The number of hydrogen-bond donors (Lipinski definition) is 1. The standard InChI is InChI=1S/C28H43F4NO3/c1-4-5-6-7-8-9-10-11-12-13-14-15-16-20-36-27(35)25(21(2)3)33-26(34)24-22(28(30,31)32)18-17-19-23(24)29/h17-19,21,25H,4-16,20H2,1-3H3,(H,33,34). The second kappa shape index (κ2) is 17.4. The predicted molar refractivity (Wildman–Crippen MR) is 134 cm³/mol. The van der Waals surface area contributed by atoms with Crippen LogP contribution in [0.1, 0.15) is 120 Å². The number of halogens is 4. The highest BCUT2D eigenvalue weighted by atomic mass is 19.4. The Morgan fingerprint density at radius 1 is 0.861 bits per heavy atom. The van der Waals surface area contributed by atoms with Gasteiger partial charge in [0.2, 0.25) is 0 Å². The fourth-order valence-corrected chi connectivity index (χ4v) is 4.08. The van der Waals surface area contributed by atoms with E-state index in [4.69, 9.17) is 4.74 Å². The van der Waals surface area contributed by atoms with Crippen LogP contribution in [-0.4, -0.2) is 24.5 Å². The highest BCUT2D eigenvalue weighted by molar-refractivity contribution is 5.98. The van der Waals surface area contributed by atoms with Crippen molar-refractivity contribution in [2.45, 2.75) is 116 Å². The van der Waals surface area contributed by atoms with Gasteiger partial charge in [0.05, 0.1) is 17.7 Å². The number of ether oxygens (including phenoxy) is 1. The van der Waals surface area contributed by atoms with E-state index in [9.17, 15) is 27.2 Å². The van der Waals surface area contributed by atoms with Crippen LogP contribution in [0.3, 0.4) is 0 Å². The van der Waals surface area contributed by atoms with Crippen LogP contribution in [0, 0.1) is 11.7 Å². The minimum Gasteiger partial charge on any atom is -0.464 e. The Kier molecular flexibility index (Phi) is 15.4. The van der Waals surface area contributed by atoms with Crippen LogP contribution in [0.5, 0.6) is 0 Å². The minimum absolute atomic E-state index is 0.170. The van der Waals surface area contributed by atoms with E-state index in [0.717, 1.165) is 31.4 Å². The number of nitrogens with one attached hydrogen (secondary N) is 1. The Bertz CT molecular complexity index is 781. The molecule has 0 radical (unpaired) electrons. The van der Waals surface area contributed by atoms with Crippen molar-refractivity contribution in [2.24, 2.45) is 5.92 Å². The van der Waals surface area contributed by atoms with E-state index in [0.29, 0.717) is 12.5 Å². The van der Waals surface area contributed by atoms with Crippen molar-refractivity contribution in [3.8, 4) is 0 Å². The van der Waals surface area contributed by atoms with Gasteiger partial charge in [-0.15, -0.1) is 0 Å². The van der Waals surface area contributed by atoms with E-state index in [1.165, 1.54) is 57.8 Å². The van der Waals surface area contributed by atoms with Gasteiger partial charge in [-0.05, 0) is 24.5 Å². The Morgan fingerprint density at radius 2 is 1.36 bits per heavy atom. The highest BCUT2D eigenvalue weighted by Gasteiger charge is 2.38. The van der Waals surface area contributed by atoms with Crippen LogP contribution >= 0.6 is 0 Å². The van der Waals surface area contributed by atoms with Gasteiger partial charge in [0.25, 0.3) is 5.91 Å². The summed E-state index contributed by atoms with van der Waals surface area (Å²) < 4.78 is 59.0. The Labute approximate surface area is 213 Å². The van der Waals surface area contributed by atoms with Crippen LogP contribution in [0.4, 0.5) is 17.6 Å². The number of unbranched alkanes of at least 4 members (excludes halogenated alkanes) is 12. The number of hydrogen-bond acceptors (Lipinski definition) is 3. The molecule has 4 nitrogen and oxygen atoms in total. The molecule has 1 N–H and O–H groups in total. The molecule has 8 heteroatoms. The number of esters is 1. The average Bonchev–Trinajstić information content (AvgIpc) is 2.81. The van der Waals surface area contributed by atoms with Gasteiger partial charge < -0.3 is 10.1 Å². The first-order valence-corrected chi connectivity index (χ1v) is 13.4. The van der Waals surface area contributed by atoms with Crippen molar-refractivity contribution in [1.82, 2.24) is 5.32 Å². The molecule has 206 valence electrons. The monoisotopic (exact) mass is 517 g/mol. The lowest BCUT2D eigenvalue weighted by Crippen LogP contribution is -2.46. The lowest BCUT2D eigenvalue weighted by Gasteiger charge is -2.22. The van der Waals surface area contributed by atoms with Gasteiger partial charge in [-0.3, -0.25) is 4.79 Å². The summed E-state index contributed by atoms with van der Waals surface area (Å²) in [6.07, 6.45) is 10.5. The molecular formula is C28H43F4NO3. The smallest absolute Gasteiger partial charge is 0.417 e. The summed E-state index contributed by atoms with van der Waals surface area (Å²) in [6, 6.07) is 1.12. The molecule has 0 saturated heterocycles. The lowest BCUT2D eigenvalue weighted by molar-refractivity contribution is -0.147. The second-order valence-corrected chi connectivity index (χ2v) is 9.77. The van der Waals surface area contributed by atoms with Crippen molar-refractivity contribution in [3.05, 3.63) is 35.1 Å². The zero-order valence-electron chi connectivity index (χ0n) is 22.0. The summed E-state index contributed by atoms with van der Waals surface area (Å²) in [6.45, 7) is 5.65. The predicted octanol–water partition coefficient (Wildman–Crippen LogP) is 8.23. The molecule has 0 heterocycles. The molecule has 0 spiro atoms. The maximum absolute atomic E-state index is 14.1. The van der Waals surface area contributed by atoms with Crippen molar-refractivity contribution >= 4 is 11.9 Å². The van der Waals surface area contributed by atoms with Crippen molar-refractivity contribution in [2.75, 3.05) is 6.61 Å². The van der Waals surface area contributed by atoms with Gasteiger partial charge in [-0.1, -0.05) is 104 Å². The normalized spacial score (nSPS) is 12.6. The van der Waals surface area contributed by atoms with E-state index < -0.39 is 47.0 Å². The van der Waals surface area contributed by atoms with E-state index in [-0.39, 0.29) is 6.61 Å². The van der Waals surface area contributed by atoms with Crippen LogP contribution in [0.25, 0.3) is 0 Å². The number of benzene rings is 1. The topological polar surface area (TPSA) is 55.4 Å². The van der Waals surface area contributed by atoms with Gasteiger partial charge in [0.15, 0.2) is 0 Å². The van der Waals surface area contributed by atoms with Crippen molar-refractivity contribution in [1.29, 1.82) is 0 Å². The molecule has 1 rings (SSSR count). The summed E-state index contributed by atoms with van der Waals surface area (Å²) >= 11 is 0. The first kappa shape index (κ1) is 31.9. The van der Waals surface area contributed by atoms with E-state index in [2.05, 4.69) is 12.2 Å². The third kappa shape index (κ3) is 12.2. The molecule has 0 bridgehead atoms. The Balaban J connectivity index is 2.34. The van der Waals surface area contributed by atoms with Gasteiger partial charge in [-0.2, -0.15) is 13.2 Å². The van der Waals surface area contributed by atoms with E-state index in [1.807, 2.05) is 0 Å². The van der Waals surface area contributed by atoms with Gasteiger partial charge in [0.1, 0.15) is 11.9 Å². The third-order valence-electron chi connectivity index (χ3n) is 6.25. The fraction of sp³-hybridized carbons (Fsp3) is 0.714. The van der Waals surface area contributed by atoms with Crippen molar-refractivity contribution < 1.29 is 31.9 Å². The van der Waals surface area contributed by atoms with E-state index >= 15 is 0 Å². The van der Waals surface area contributed by atoms with Gasteiger partial charge >= 0.3 is 12.1 Å². The SMILES string of the molecule is CCCCCCCCCCCCCCCOC(=O)C(NC(=O)c1c(F)cccc1C(F)(F)F)C(C)C. The molecule has 1 aromatic rings.